The van der Waals surface area contributed by atoms with Gasteiger partial charge in [-0.3, -0.25) is 14.5 Å². The molecule has 1 unspecified atom stereocenters. The standard InChI is InChI=1S/C14H18N2O3/c1-10-14(18)15-7-8-16(10)9-12(17)11-5-3-4-6-13(11)19-2/h3-6,10H,7-9H2,1-2H3,(H,15,18). The molecule has 19 heavy (non-hydrogen) atoms. The molecule has 5 heteroatoms. The molecule has 0 bridgehead atoms. The Labute approximate surface area is 112 Å². The molecule has 1 aliphatic heterocycles. The molecule has 5 nitrogen and oxygen atoms in total. The van der Waals surface area contributed by atoms with E-state index in [4.69, 9.17) is 4.74 Å². The number of Topliss-reactive ketones (excluding diaryl/α,β-unsaturated/α-hetero) is 1. The van der Waals surface area contributed by atoms with Crippen molar-refractivity contribution in [1.82, 2.24) is 10.2 Å². The van der Waals surface area contributed by atoms with E-state index in [1.807, 2.05) is 24.0 Å². The second-order valence-electron chi connectivity index (χ2n) is 4.56. The molecule has 2 rings (SSSR count). The monoisotopic (exact) mass is 262 g/mol. The van der Waals surface area contributed by atoms with Crippen LogP contribution in [0.25, 0.3) is 0 Å². The third-order valence-corrected chi connectivity index (χ3v) is 3.38. The van der Waals surface area contributed by atoms with Crippen LogP contribution in [0.15, 0.2) is 24.3 Å². The van der Waals surface area contributed by atoms with E-state index in [1.165, 1.54) is 0 Å². The molecule has 0 aliphatic carbocycles. The van der Waals surface area contributed by atoms with E-state index in [0.29, 0.717) is 24.4 Å². The van der Waals surface area contributed by atoms with Crippen LogP contribution in [-0.4, -0.2) is 49.4 Å². The molecule has 0 saturated carbocycles. The average Bonchev–Trinajstić information content (AvgIpc) is 2.43. The SMILES string of the molecule is COc1ccccc1C(=O)CN1CCNC(=O)C1C. The molecule has 102 valence electrons. The number of carbonyl (C=O) groups excluding carboxylic acids is 2. The van der Waals surface area contributed by atoms with Crippen LogP contribution < -0.4 is 10.1 Å². The number of nitrogens with one attached hydrogen (secondary N) is 1. The highest BCUT2D eigenvalue weighted by Gasteiger charge is 2.27. The maximum atomic E-state index is 12.3. The number of hydrogen-bond acceptors (Lipinski definition) is 4. The summed E-state index contributed by atoms with van der Waals surface area (Å²) in [5.74, 6) is 0.514. The quantitative estimate of drug-likeness (QED) is 0.811. The minimum atomic E-state index is -0.271. The summed E-state index contributed by atoms with van der Waals surface area (Å²) in [7, 11) is 1.54. The molecule has 1 aromatic rings. The molecule has 0 aromatic heterocycles. The van der Waals surface area contributed by atoms with E-state index in [1.54, 1.807) is 19.2 Å². The summed E-state index contributed by atoms with van der Waals surface area (Å²) in [6.07, 6.45) is 0. The molecule has 1 atom stereocenters. The van der Waals surface area contributed by atoms with Gasteiger partial charge < -0.3 is 10.1 Å². The molecular weight excluding hydrogens is 244 g/mol. The number of ketones is 1. The normalized spacial score (nSPS) is 19.9. The maximum absolute atomic E-state index is 12.3. The second kappa shape index (κ2) is 5.84. The van der Waals surface area contributed by atoms with E-state index in [9.17, 15) is 9.59 Å². The lowest BCUT2D eigenvalue weighted by Gasteiger charge is -2.32. The fourth-order valence-corrected chi connectivity index (χ4v) is 2.19. The fraction of sp³-hybridized carbons (Fsp3) is 0.429. The number of rotatable bonds is 4. The van der Waals surface area contributed by atoms with Crippen molar-refractivity contribution in [3.63, 3.8) is 0 Å². The average molecular weight is 262 g/mol. The topological polar surface area (TPSA) is 58.6 Å². The van der Waals surface area contributed by atoms with Crippen LogP contribution in [0, 0.1) is 0 Å². The zero-order valence-electron chi connectivity index (χ0n) is 11.2. The van der Waals surface area contributed by atoms with Gasteiger partial charge in [0, 0.05) is 13.1 Å². The van der Waals surface area contributed by atoms with Crippen molar-refractivity contribution in [1.29, 1.82) is 0 Å². The highest BCUT2D eigenvalue weighted by Crippen LogP contribution is 2.18. The Kier molecular flexibility index (Phi) is 4.16. The summed E-state index contributed by atoms with van der Waals surface area (Å²) in [5.41, 5.74) is 0.559. The van der Waals surface area contributed by atoms with Gasteiger partial charge in [-0.25, -0.2) is 0 Å². The van der Waals surface area contributed by atoms with Crippen molar-refractivity contribution in [2.24, 2.45) is 0 Å². The molecule has 1 fully saturated rings. The highest BCUT2D eigenvalue weighted by molar-refractivity contribution is 6.00. The largest absolute Gasteiger partial charge is 0.496 e. The lowest BCUT2D eigenvalue weighted by Crippen LogP contribution is -2.55. The van der Waals surface area contributed by atoms with E-state index >= 15 is 0 Å². The van der Waals surface area contributed by atoms with Gasteiger partial charge in [-0.1, -0.05) is 12.1 Å². The van der Waals surface area contributed by atoms with E-state index in [2.05, 4.69) is 5.32 Å². The first-order valence-corrected chi connectivity index (χ1v) is 6.31. The Morgan fingerprint density at radius 3 is 2.95 bits per heavy atom. The first-order chi connectivity index (χ1) is 9.13. The molecule has 1 N–H and O–H groups in total. The van der Waals surface area contributed by atoms with Crippen molar-refractivity contribution in [3.8, 4) is 5.75 Å². The van der Waals surface area contributed by atoms with Crippen molar-refractivity contribution in [2.75, 3.05) is 26.7 Å². The van der Waals surface area contributed by atoms with Gasteiger partial charge in [0.2, 0.25) is 5.91 Å². The molecule has 0 radical (unpaired) electrons. The van der Waals surface area contributed by atoms with Crippen molar-refractivity contribution >= 4 is 11.7 Å². The maximum Gasteiger partial charge on any atom is 0.237 e. The summed E-state index contributed by atoms with van der Waals surface area (Å²) in [4.78, 5) is 25.7. The smallest absolute Gasteiger partial charge is 0.237 e. The van der Waals surface area contributed by atoms with Gasteiger partial charge in [-0.2, -0.15) is 0 Å². The van der Waals surface area contributed by atoms with Crippen LogP contribution in [0.2, 0.25) is 0 Å². The van der Waals surface area contributed by atoms with E-state index in [0.717, 1.165) is 0 Å². The van der Waals surface area contributed by atoms with Crippen LogP contribution in [0.5, 0.6) is 5.75 Å². The minimum absolute atomic E-state index is 0.0286. The van der Waals surface area contributed by atoms with Crippen molar-refractivity contribution in [3.05, 3.63) is 29.8 Å². The molecule has 1 amide bonds. The number of piperazine rings is 1. The Morgan fingerprint density at radius 2 is 2.21 bits per heavy atom. The number of ether oxygens (including phenoxy) is 1. The van der Waals surface area contributed by atoms with Gasteiger partial charge >= 0.3 is 0 Å². The molecule has 0 spiro atoms. The van der Waals surface area contributed by atoms with Crippen molar-refractivity contribution in [2.45, 2.75) is 13.0 Å². The molecule has 1 aliphatic rings. The Bertz CT molecular complexity index is 487. The summed E-state index contributed by atoms with van der Waals surface area (Å²) in [5, 5.41) is 2.78. The van der Waals surface area contributed by atoms with Crippen LogP contribution in [0.4, 0.5) is 0 Å². The number of carbonyl (C=O) groups is 2. The van der Waals surface area contributed by atoms with Crippen LogP contribution in [0.1, 0.15) is 17.3 Å². The van der Waals surface area contributed by atoms with Crippen LogP contribution in [0.3, 0.4) is 0 Å². The second-order valence-corrected chi connectivity index (χ2v) is 4.56. The zero-order valence-corrected chi connectivity index (χ0v) is 11.2. The van der Waals surface area contributed by atoms with Crippen LogP contribution in [-0.2, 0) is 4.79 Å². The Morgan fingerprint density at radius 1 is 1.47 bits per heavy atom. The predicted octanol–water partition coefficient (Wildman–Crippen LogP) is 0.698. The first-order valence-electron chi connectivity index (χ1n) is 6.31. The van der Waals surface area contributed by atoms with Gasteiger partial charge in [-0.05, 0) is 19.1 Å². The molecule has 1 heterocycles. The predicted molar refractivity (Wildman–Crippen MR) is 71.4 cm³/mol. The fourth-order valence-electron chi connectivity index (χ4n) is 2.19. The van der Waals surface area contributed by atoms with Crippen LogP contribution >= 0.6 is 0 Å². The Balaban J connectivity index is 2.10. The third kappa shape index (κ3) is 2.93. The zero-order chi connectivity index (χ0) is 13.8. The first kappa shape index (κ1) is 13.5. The summed E-state index contributed by atoms with van der Waals surface area (Å²) in [6, 6.07) is 6.87. The number of nitrogens with zero attached hydrogens (tertiary/aromatic N) is 1. The summed E-state index contributed by atoms with van der Waals surface area (Å²) < 4.78 is 5.18. The van der Waals surface area contributed by atoms with E-state index < -0.39 is 0 Å². The Hall–Kier alpha value is -1.88. The summed E-state index contributed by atoms with van der Waals surface area (Å²) >= 11 is 0. The minimum Gasteiger partial charge on any atom is -0.496 e. The third-order valence-electron chi connectivity index (χ3n) is 3.38. The lowest BCUT2D eigenvalue weighted by molar-refractivity contribution is -0.127. The lowest BCUT2D eigenvalue weighted by atomic mass is 10.1. The van der Waals surface area contributed by atoms with Crippen molar-refractivity contribution < 1.29 is 14.3 Å². The number of amides is 1. The summed E-state index contributed by atoms with van der Waals surface area (Å²) in [6.45, 7) is 3.31. The number of para-hydroxylation sites is 1. The number of benzene rings is 1. The molecular formula is C14H18N2O3. The highest BCUT2D eigenvalue weighted by atomic mass is 16.5. The van der Waals surface area contributed by atoms with Gasteiger partial charge in [0.25, 0.3) is 0 Å². The molecule has 1 aromatic carbocycles. The number of hydrogen-bond donors (Lipinski definition) is 1. The van der Waals surface area contributed by atoms with Gasteiger partial charge in [0.15, 0.2) is 5.78 Å². The van der Waals surface area contributed by atoms with Gasteiger partial charge in [0.1, 0.15) is 5.75 Å². The van der Waals surface area contributed by atoms with Gasteiger partial charge in [-0.15, -0.1) is 0 Å². The number of methoxy groups -OCH3 is 1. The molecule has 1 saturated heterocycles. The van der Waals surface area contributed by atoms with Gasteiger partial charge in [0.05, 0.1) is 25.3 Å². The van der Waals surface area contributed by atoms with E-state index in [-0.39, 0.29) is 24.3 Å².